The molecule has 2 rings (SSSR count). The van der Waals surface area contributed by atoms with Crippen molar-refractivity contribution >= 4 is 37.6 Å². The van der Waals surface area contributed by atoms with Gasteiger partial charge in [-0.3, -0.25) is 4.68 Å². The number of halogens is 2. The molecule has 1 fully saturated rings. The number of aromatic nitrogens is 2. The molecule has 1 N–H and O–H groups in total. The van der Waals surface area contributed by atoms with E-state index in [1.807, 2.05) is 0 Å². The van der Waals surface area contributed by atoms with Gasteiger partial charge in [-0.15, -0.1) is 0 Å². The van der Waals surface area contributed by atoms with Gasteiger partial charge >= 0.3 is 0 Å². The zero-order chi connectivity index (χ0) is 15.0. The summed E-state index contributed by atoms with van der Waals surface area (Å²) < 4.78 is 29.3. The number of sulfonamides is 1. The summed E-state index contributed by atoms with van der Waals surface area (Å²) in [5, 5.41) is 4.66. The van der Waals surface area contributed by atoms with E-state index in [0.29, 0.717) is 11.2 Å². The Balaban J connectivity index is 2.31. The lowest BCUT2D eigenvalue weighted by molar-refractivity contribution is 0.241. The smallest absolute Gasteiger partial charge is 0.255 e. The van der Waals surface area contributed by atoms with Crippen LogP contribution in [-0.4, -0.2) is 29.1 Å². The molecule has 1 aromatic rings. The van der Waals surface area contributed by atoms with Crippen molar-refractivity contribution < 1.29 is 8.42 Å². The van der Waals surface area contributed by atoms with E-state index in [2.05, 4.69) is 32.7 Å². The molecule has 1 aliphatic rings. The van der Waals surface area contributed by atoms with Crippen molar-refractivity contribution in [2.45, 2.75) is 43.2 Å². The molecule has 0 aliphatic heterocycles. The molecule has 0 radical (unpaired) electrons. The van der Waals surface area contributed by atoms with Gasteiger partial charge in [-0.1, -0.05) is 47.3 Å². The molecular formula is C12H19BrClN3O2S. The highest BCUT2D eigenvalue weighted by molar-refractivity contribution is 9.09. The third-order valence-corrected chi connectivity index (χ3v) is 6.95. The van der Waals surface area contributed by atoms with Crippen molar-refractivity contribution in [2.75, 3.05) is 5.33 Å². The van der Waals surface area contributed by atoms with Crippen LogP contribution in [0, 0.1) is 5.92 Å². The number of aryl methyl sites for hydroxylation is 1. The Morgan fingerprint density at radius 3 is 2.85 bits per heavy atom. The SMILES string of the molecule is CC1CCCC(CBr)(NS(=O)(=O)c2c(Cl)cnn2C)C1. The van der Waals surface area contributed by atoms with Crippen molar-refractivity contribution in [3.8, 4) is 0 Å². The Morgan fingerprint density at radius 1 is 1.65 bits per heavy atom. The average molecular weight is 385 g/mol. The zero-order valence-corrected chi connectivity index (χ0v) is 14.7. The highest BCUT2D eigenvalue weighted by atomic mass is 79.9. The fourth-order valence-corrected chi connectivity index (χ4v) is 5.87. The van der Waals surface area contributed by atoms with Crippen LogP contribution < -0.4 is 4.72 Å². The number of hydrogen-bond donors (Lipinski definition) is 1. The fraction of sp³-hybridized carbons (Fsp3) is 0.750. The monoisotopic (exact) mass is 383 g/mol. The predicted octanol–water partition coefficient (Wildman–Crippen LogP) is 2.70. The van der Waals surface area contributed by atoms with E-state index in [-0.39, 0.29) is 10.0 Å². The van der Waals surface area contributed by atoms with Crippen LogP contribution in [0.2, 0.25) is 5.02 Å². The van der Waals surface area contributed by atoms with Gasteiger partial charge in [-0.25, -0.2) is 13.1 Å². The number of nitrogens with zero attached hydrogens (tertiary/aromatic N) is 2. The maximum Gasteiger partial charge on any atom is 0.259 e. The zero-order valence-electron chi connectivity index (χ0n) is 11.6. The molecule has 5 nitrogen and oxygen atoms in total. The molecule has 1 aliphatic carbocycles. The lowest BCUT2D eigenvalue weighted by atomic mass is 9.78. The van der Waals surface area contributed by atoms with Gasteiger partial charge in [-0.05, 0) is 18.8 Å². The van der Waals surface area contributed by atoms with Gasteiger partial charge in [0, 0.05) is 17.9 Å². The third-order valence-electron chi connectivity index (χ3n) is 3.80. The summed E-state index contributed by atoms with van der Waals surface area (Å²) in [4.78, 5) is 0. The summed E-state index contributed by atoms with van der Waals surface area (Å²) in [6, 6.07) is 0. The molecule has 0 bridgehead atoms. The highest BCUT2D eigenvalue weighted by Crippen LogP contribution is 2.35. The molecule has 0 spiro atoms. The van der Waals surface area contributed by atoms with Crippen LogP contribution in [0.15, 0.2) is 11.2 Å². The summed E-state index contributed by atoms with van der Waals surface area (Å²) in [6.45, 7) is 2.15. The number of rotatable bonds is 4. The summed E-state index contributed by atoms with van der Waals surface area (Å²) in [5.41, 5.74) is -0.440. The van der Waals surface area contributed by atoms with Crippen molar-refractivity contribution in [3.05, 3.63) is 11.2 Å². The largest absolute Gasteiger partial charge is 0.259 e. The first-order chi connectivity index (χ1) is 9.30. The van der Waals surface area contributed by atoms with Gasteiger partial charge in [0.15, 0.2) is 5.03 Å². The van der Waals surface area contributed by atoms with E-state index in [0.717, 1.165) is 25.7 Å². The first-order valence-corrected chi connectivity index (χ1v) is 9.55. The second-order valence-corrected chi connectivity index (χ2v) is 8.21. The molecule has 114 valence electrons. The summed E-state index contributed by atoms with van der Waals surface area (Å²) >= 11 is 9.42. The summed E-state index contributed by atoms with van der Waals surface area (Å²) in [5.74, 6) is 0.506. The number of nitrogens with one attached hydrogen (secondary N) is 1. The molecule has 0 saturated heterocycles. The number of hydrogen-bond acceptors (Lipinski definition) is 3. The molecular weight excluding hydrogens is 366 g/mol. The van der Waals surface area contributed by atoms with Gasteiger partial charge in [0.25, 0.3) is 10.0 Å². The molecule has 1 heterocycles. The van der Waals surface area contributed by atoms with Crippen LogP contribution in [0.5, 0.6) is 0 Å². The van der Waals surface area contributed by atoms with Crippen LogP contribution in [0.25, 0.3) is 0 Å². The maximum atomic E-state index is 12.6. The predicted molar refractivity (Wildman–Crippen MR) is 82.7 cm³/mol. The molecule has 1 saturated carbocycles. The average Bonchev–Trinajstić information content (AvgIpc) is 2.69. The van der Waals surface area contributed by atoms with Gasteiger partial charge in [-0.2, -0.15) is 5.10 Å². The van der Waals surface area contributed by atoms with E-state index in [9.17, 15) is 8.42 Å². The molecule has 20 heavy (non-hydrogen) atoms. The van der Waals surface area contributed by atoms with Gasteiger partial charge in [0.2, 0.25) is 0 Å². The maximum absolute atomic E-state index is 12.6. The van der Waals surface area contributed by atoms with E-state index < -0.39 is 15.6 Å². The molecule has 2 atom stereocenters. The fourth-order valence-electron chi connectivity index (χ4n) is 2.94. The van der Waals surface area contributed by atoms with Crippen LogP contribution in [0.1, 0.15) is 32.6 Å². The van der Waals surface area contributed by atoms with E-state index >= 15 is 0 Å². The highest BCUT2D eigenvalue weighted by Gasteiger charge is 2.39. The molecule has 1 aromatic heterocycles. The number of alkyl halides is 1. The molecule has 8 heteroatoms. The minimum Gasteiger partial charge on any atom is -0.255 e. The van der Waals surface area contributed by atoms with Crippen LogP contribution >= 0.6 is 27.5 Å². The minimum atomic E-state index is -3.68. The van der Waals surface area contributed by atoms with Gasteiger partial charge in [0.05, 0.1) is 11.2 Å². The van der Waals surface area contributed by atoms with E-state index in [1.165, 1.54) is 10.9 Å². The van der Waals surface area contributed by atoms with Crippen molar-refractivity contribution in [1.29, 1.82) is 0 Å². The third kappa shape index (κ3) is 3.21. The second-order valence-electron chi connectivity index (χ2n) is 5.64. The standard InChI is InChI=1S/C12H19BrClN3O2S/c1-9-4-3-5-12(6-9,8-13)16-20(18,19)11-10(14)7-15-17(11)2/h7,9,16H,3-6,8H2,1-2H3. The van der Waals surface area contributed by atoms with Crippen molar-refractivity contribution in [1.82, 2.24) is 14.5 Å². The van der Waals surface area contributed by atoms with E-state index in [4.69, 9.17) is 11.6 Å². The molecule has 0 aromatic carbocycles. The van der Waals surface area contributed by atoms with Gasteiger partial charge in [0.1, 0.15) is 0 Å². The Hall–Kier alpha value is -0.110. The summed E-state index contributed by atoms with van der Waals surface area (Å²) in [7, 11) is -2.11. The Morgan fingerprint density at radius 2 is 2.35 bits per heavy atom. The van der Waals surface area contributed by atoms with Crippen molar-refractivity contribution in [2.24, 2.45) is 13.0 Å². The second kappa shape index (κ2) is 5.94. The minimum absolute atomic E-state index is 0.0257. The summed E-state index contributed by atoms with van der Waals surface area (Å²) in [6.07, 6.45) is 5.17. The first kappa shape index (κ1) is 16.3. The Labute approximate surface area is 133 Å². The molecule has 0 amide bonds. The first-order valence-electron chi connectivity index (χ1n) is 6.57. The van der Waals surface area contributed by atoms with E-state index in [1.54, 1.807) is 7.05 Å². The Bertz CT molecular complexity index is 570. The molecule has 2 unspecified atom stereocenters. The topological polar surface area (TPSA) is 64.0 Å². The van der Waals surface area contributed by atoms with Crippen molar-refractivity contribution in [3.63, 3.8) is 0 Å². The quantitative estimate of drug-likeness (QED) is 0.812. The van der Waals surface area contributed by atoms with Crippen LogP contribution in [0.3, 0.4) is 0 Å². The van der Waals surface area contributed by atoms with Crippen LogP contribution in [-0.2, 0) is 17.1 Å². The van der Waals surface area contributed by atoms with Crippen LogP contribution in [0.4, 0.5) is 0 Å². The Kier molecular flexibility index (Phi) is 4.83. The lowest BCUT2D eigenvalue weighted by Gasteiger charge is -2.39. The van der Waals surface area contributed by atoms with Gasteiger partial charge < -0.3 is 0 Å². The normalized spacial score (nSPS) is 27.7. The lowest BCUT2D eigenvalue weighted by Crippen LogP contribution is -2.52.